The van der Waals surface area contributed by atoms with Crippen molar-refractivity contribution >= 4 is 11.9 Å². The van der Waals surface area contributed by atoms with Gasteiger partial charge in [-0.15, -0.1) is 0 Å². The lowest BCUT2D eigenvalue weighted by molar-refractivity contribution is -0.147. The van der Waals surface area contributed by atoms with Crippen molar-refractivity contribution in [1.29, 1.82) is 0 Å². The Morgan fingerprint density at radius 2 is 1.41 bits per heavy atom. The van der Waals surface area contributed by atoms with Crippen LogP contribution < -0.4 is 0 Å². The molecule has 0 heterocycles. The Morgan fingerprint density at radius 1 is 0.941 bits per heavy atom. The van der Waals surface area contributed by atoms with Crippen LogP contribution in [-0.4, -0.2) is 24.6 Å². The Labute approximate surface area is 105 Å². The fourth-order valence-corrected chi connectivity index (χ4v) is 0.963. The topological polar surface area (TPSA) is 52.6 Å². The van der Waals surface area contributed by atoms with Crippen LogP contribution in [0.25, 0.3) is 0 Å². The van der Waals surface area contributed by atoms with E-state index >= 15 is 0 Å². The first-order valence-corrected chi connectivity index (χ1v) is 6.32. The lowest BCUT2D eigenvalue weighted by atomic mass is 10.3. The molecule has 17 heavy (non-hydrogen) atoms. The number of ether oxygens (including phenoxy) is 2. The predicted octanol–water partition coefficient (Wildman–Crippen LogP) is 3.09. The Morgan fingerprint density at radius 3 is 1.76 bits per heavy atom. The van der Waals surface area contributed by atoms with Gasteiger partial charge in [-0.1, -0.05) is 13.8 Å². The molecule has 4 nitrogen and oxygen atoms in total. The molecule has 0 aromatic carbocycles. The van der Waals surface area contributed by atoms with Crippen LogP contribution in [-0.2, 0) is 19.1 Å². The molecular weight excluding hydrogens is 220 g/mol. The molecule has 0 aromatic heterocycles. The summed E-state index contributed by atoms with van der Waals surface area (Å²) in [6, 6.07) is 0. The van der Waals surface area contributed by atoms with Gasteiger partial charge in [0.2, 0.25) is 0 Å². The van der Waals surface area contributed by atoms with Crippen molar-refractivity contribution in [2.75, 3.05) is 6.61 Å². The number of hydrogen-bond acceptors (Lipinski definition) is 4. The molecule has 0 atom stereocenters. The van der Waals surface area contributed by atoms with E-state index in [9.17, 15) is 9.59 Å². The molecule has 102 valence electrons. The zero-order valence-electron chi connectivity index (χ0n) is 11.7. The molecule has 0 aliphatic rings. The van der Waals surface area contributed by atoms with Gasteiger partial charge in [0.15, 0.2) is 0 Å². The maximum Gasteiger partial charge on any atom is 0.306 e. The average Bonchev–Trinajstić information content (AvgIpc) is 2.18. The van der Waals surface area contributed by atoms with E-state index < -0.39 is 0 Å². The average molecular weight is 246 g/mol. The zero-order chi connectivity index (χ0) is 13.7. The quantitative estimate of drug-likeness (QED) is 0.676. The summed E-state index contributed by atoms with van der Waals surface area (Å²) in [6.45, 7) is 9.94. The minimum Gasteiger partial charge on any atom is -0.466 e. The minimum atomic E-state index is -0.0903. The van der Waals surface area contributed by atoms with Crippen molar-refractivity contribution in [2.45, 2.75) is 66.4 Å². The highest BCUT2D eigenvalue weighted by atomic mass is 16.5. The highest BCUT2D eigenvalue weighted by Crippen LogP contribution is 1.94. The first kappa shape index (κ1) is 18.3. The van der Waals surface area contributed by atoms with E-state index in [0.29, 0.717) is 19.4 Å². The highest BCUT2D eigenvalue weighted by Gasteiger charge is 2.01. The van der Waals surface area contributed by atoms with Crippen molar-refractivity contribution in [1.82, 2.24) is 0 Å². The SMILES string of the molecule is CCCC(=O)OC(C)C.CCCC(=O)OCC. The lowest BCUT2D eigenvalue weighted by Crippen LogP contribution is -2.10. The van der Waals surface area contributed by atoms with Crippen LogP contribution in [0, 0.1) is 0 Å². The molecule has 0 aliphatic heterocycles. The van der Waals surface area contributed by atoms with Gasteiger partial charge in [-0.2, -0.15) is 0 Å². The van der Waals surface area contributed by atoms with E-state index in [0.717, 1.165) is 12.8 Å². The summed E-state index contributed by atoms with van der Waals surface area (Å²) in [6.07, 6.45) is 2.86. The summed E-state index contributed by atoms with van der Waals surface area (Å²) in [5, 5.41) is 0. The fraction of sp³-hybridized carbons (Fsp3) is 0.846. The predicted molar refractivity (Wildman–Crippen MR) is 67.7 cm³/mol. The van der Waals surface area contributed by atoms with E-state index in [2.05, 4.69) is 4.74 Å². The number of rotatable bonds is 6. The standard InChI is InChI=1S/C7H14O2.C6H12O2/c1-4-5-7(8)9-6(2)3;1-3-5-6(7)8-4-2/h6H,4-5H2,1-3H3;3-5H2,1-2H3. The zero-order valence-corrected chi connectivity index (χ0v) is 11.7. The molecule has 0 aromatic rings. The van der Waals surface area contributed by atoms with Crippen LogP contribution in [0.2, 0.25) is 0 Å². The molecule has 0 saturated heterocycles. The van der Waals surface area contributed by atoms with Gasteiger partial charge in [-0.3, -0.25) is 9.59 Å². The van der Waals surface area contributed by atoms with Crippen LogP contribution in [0.3, 0.4) is 0 Å². The molecular formula is C13H26O4. The number of esters is 2. The van der Waals surface area contributed by atoms with Gasteiger partial charge >= 0.3 is 11.9 Å². The van der Waals surface area contributed by atoms with Gasteiger partial charge in [-0.25, -0.2) is 0 Å². The van der Waals surface area contributed by atoms with E-state index in [1.807, 2.05) is 34.6 Å². The third kappa shape index (κ3) is 17.5. The fourth-order valence-electron chi connectivity index (χ4n) is 0.963. The normalized spacial score (nSPS) is 9.29. The lowest BCUT2D eigenvalue weighted by Gasteiger charge is -2.05. The molecule has 0 radical (unpaired) electrons. The molecule has 0 saturated carbocycles. The Hall–Kier alpha value is -1.06. The van der Waals surface area contributed by atoms with Crippen LogP contribution >= 0.6 is 0 Å². The summed E-state index contributed by atoms with van der Waals surface area (Å²) in [7, 11) is 0. The summed E-state index contributed by atoms with van der Waals surface area (Å²) in [5.74, 6) is -0.178. The van der Waals surface area contributed by atoms with E-state index in [4.69, 9.17) is 4.74 Å². The molecule has 0 amide bonds. The molecule has 0 N–H and O–H groups in total. The molecule has 0 rings (SSSR count). The molecule has 0 aliphatic carbocycles. The van der Waals surface area contributed by atoms with Crippen molar-refractivity contribution in [2.24, 2.45) is 0 Å². The molecule has 0 bridgehead atoms. The van der Waals surface area contributed by atoms with Crippen molar-refractivity contribution in [3.05, 3.63) is 0 Å². The van der Waals surface area contributed by atoms with Gasteiger partial charge in [0, 0.05) is 12.8 Å². The van der Waals surface area contributed by atoms with E-state index in [-0.39, 0.29) is 18.0 Å². The Bertz CT molecular complexity index is 192. The van der Waals surface area contributed by atoms with Crippen molar-refractivity contribution < 1.29 is 19.1 Å². The summed E-state index contributed by atoms with van der Waals surface area (Å²) in [4.78, 5) is 21.1. The molecule has 0 unspecified atom stereocenters. The van der Waals surface area contributed by atoms with Crippen molar-refractivity contribution in [3.8, 4) is 0 Å². The van der Waals surface area contributed by atoms with Gasteiger partial charge in [0.25, 0.3) is 0 Å². The maximum atomic E-state index is 10.6. The summed E-state index contributed by atoms with van der Waals surface area (Å²) >= 11 is 0. The maximum absolute atomic E-state index is 10.6. The van der Waals surface area contributed by atoms with Crippen LogP contribution in [0.5, 0.6) is 0 Å². The first-order valence-electron chi connectivity index (χ1n) is 6.32. The number of hydrogen-bond donors (Lipinski definition) is 0. The number of carbonyl (C=O) groups excluding carboxylic acids is 2. The molecule has 0 fully saturated rings. The molecule has 4 heteroatoms. The second kappa shape index (κ2) is 13.0. The van der Waals surface area contributed by atoms with Crippen LogP contribution in [0.4, 0.5) is 0 Å². The third-order valence-corrected chi connectivity index (χ3v) is 1.58. The van der Waals surface area contributed by atoms with Gasteiger partial charge < -0.3 is 9.47 Å². The third-order valence-electron chi connectivity index (χ3n) is 1.58. The summed E-state index contributed by atoms with van der Waals surface area (Å²) in [5.41, 5.74) is 0. The highest BCUT2D eigenvalue weighted by molar-refractivity contribution is 5.69. The van der Waals surface area contributed by atoms with Gasteiger partial charge in [0.05, 0.1) is 12.7 Å². The van der Waals surface area contributed by atoms with Crippen LogP contribution in [0.1, 0.15) is 60.3 Å². The smallest absolute Gasteiger partial charge is 0.306 e. The van der Waals surface area contributed by atoms with Crippen LogP contribution in [0.15, 0.2) is 0 Å². The minimum absolute atomic E-state index is 0.0315. The Balaban J connectivity index is 0. The molecule has 0 spiro atoms. The van der Waals surface area contributed by atoms with Crippen molar-refractivity contribution in [3.63, 3.8) is 0 Å². The number of carbonyl (C=O) groups is 2. The second-order valence-corrected chi connectivity index (χ2v) is 3.84. The Kier molecular flexibility index (Phi) is 14.0. The largest absolute Gasteiger partial charge is 0.466 e. The monoisotopic (exact) mass is 246 g/mol. The van der Waals surface area contributed by atoms with E-state index in [1.165, 1.54) is 0 Å². The van der Waals surface area contributed by atoms with Gasteiger partial charge in [0.1, 0.15) is 0 Å². The van der Waals surface area contributed by atoms with E-state index in [1.54, 1.807) is 0 Å². The van der Waals surface area contributed by atoms with Gasteiger partial charge in [-0.05, 0) is 33.6 Å². The first-order chi connectivity index (χ1) is 7.97. The second-order valence-electron chi connectivity index (χ2n) is 3.84. The summed E-state index contributed by atoms with van der Waals surface area (Å²) < 4.78 is 9.50.